The minimum atomic E-state index is -0.907. The number of hydrogen-bond acceptors (Lipinski definition) is 5. The van der Waals surface area contributed by atoms with Gasteiger partial charge >= 0.3 is 5.97 Å². The van der Waals surface area contributed by atoms with Gasteiger partial charge in [0.1, 0.15) is 6.23 Å². The van der Waals surface area contributed by atoms with Gasteiger partial charge in [0.15, 0.2) is 0 Å². The van der Waals surface area contributed by atoms with Crippen LogP contribution in [0.1, 0.15) is 79.6 Å². The average Bonchev–Trinajstić information content (AvgIpc) is 3.70. The smallest absolute Gasteiger partial charge is 0.335 e. The Hall–Kier alpha value is -2.61. The van der Waals surface area contributed by atoms with Crippen LogP contribution in [-0.4, -0.2) is 69.0 Å². The Balaban J connectivity index is 1.36. The number of carboxylic acid groups (broad SMARTS) is 1. The van der Waals surface area contributed by atoms with E-state index in [-0.39, 0.29) is 0 Å². The number of rotatable bonds is 7. The third-order valence-corrected chi connectivity index (χ3v) is 9.08. The van der Waals surface area contributed by atoms with Gasteiger partial charge in [0.25, 0.3) is 0 Å². The number of aromatic carboxylic acids is 1. The molecule has 1 aromatic carbocycles. The number of furan rings is 1. The molecule has 7 heteroatoms. The molecule has 0 spiro atoms. The molecule has 1 aliphatic carbocycles. The van der Waals surface area contributed by atoms with E-state index in [1.807, 2.05) is 18.2 Å². The van der Waals surface area contributed by atoms with Gasteiger partial charge in [-0.2, -0.15) is 0 Å². The maximum atomic E-state index is 11.9. The van der Waals surface area contributed by atoms with E-state index in [2.05, 4.69) is 14.4 Å². The number of likely N-dealkylation sites (tertiary alicyclic amines) is 2. The zero-order valence-corrected chi connectivity index (χ0v) is 21.6. The Morgan fingerprint density at radius 3 is 2.41 bits per heavy atom. The largest absolute Gasteiger partial charge is 0.478 e. The molecule has 37 heavy (non-hydrogen) atoms. The summed E-state index contributed by atoms with van der Waals surface area (Å²) in [6.45, 7) is 4.70. The number of nitrogens with zero attached hydrogens (tertiary/aromatic N) is 3. The van der Waals surface area contributed by atoms with Crippen LogP contribution in [0.15, 0.2) is 41.2 Å². The number of aromatic nitrogens is 1. The van der Waals surface area contributed by atoms with Crippen LogP contribution in [0, 0.1) is 0 Å². The number of aliphatic hydroxyl groups excluding tert-OH is 1. The number of aliphatic hydroxyl groups is 1. The summed E-state index contributed by atoms with van der Waals surface area (Å²) < 4.78 is 7.75. The summed E-state index contributed by atoms with van der Waals surface area (Å²) in [4.78, 5) is 16.7. The summed E-state index contributed by atoms with van der Waals surface area (Å²) in [6, 6.07) is 8.10. The lowest BCUT2D eigenvalue weighted by molar-refractivity contribution is -0.0312. The summed E-state index contributed by atoms with van der Waals surface area (Å²) in [5, 5.41) is 22.2. The Morgan fingerprint density at radius 2 is 1.73 bits per heavy atom. The third-order valence-electron chi connectivity index (χ3n) is 9.08. The molecule has 3 fully saturated rings. The quantitative estimate of drug-likeness (QED) is 0.440. The van der Waals surface area contributed by atoms with Crippen molar-refractivity contribution < 1.29 is 19.4 Å². The van der Waals surface area contributed by atoms with E-state index in [1.54, 1.807) is 18.6 Å². The standard InChI is InChI=1S/C30H39N3O4/c34-27(32-15-10-24(11-16-32)31-13-4-5-14-31)19-33-26-9-8-22(30(35)36)18-25(26)28(21-6-2-1-3-7-21)29(33)23-12-17-37-20-23/h8-9,12,17-18,20-21,24,27,34H,1-7,10-11,13-16,19H2,(H,35,36). The van der Waals surface area contributed by atoms with Crippen molar-refractivity contribution in [2.24, 2.45) is 0 Å². The van der Waals surface area contributed by atoms with Crippen LogP contribution in [0.4, 0.5) is 0 Å². The van der Waals surface area contributed by atoms with Crippen LogP contribution in [0.25, 0.3) is 22.2 Å². The van der Waals surface area contributed by atoms with Crippen LogP contribution in [0.3, 0.4) is 0 Å². The van der Waals surface area contributed by atoms with Crippen LogP contribution < -0.4 is 0 Å². The van der Waals surface area contributed by atoms with E-state index >= 15 is 0 Å². The molecule has 3 aliphatic rings. The van der Waals surface area contributed by atoms with Crippen LogP contribution in [0.2, 0.25) is 0 Å². The first kappa shape index (κ1) is 24.7. The van der Waals surface area contributed by atoms with Gasteiger partial charge in [-0.25, -0.2) is 4.79 Å². The van der Waals surface area contributed by atoms with Crippen molar-refractivity contribution in [1.29, 1.82) is 0 Å². The summed E-state index contributed by atoms with van der Waals surface area (Å²) in [5.74, 6) is -0.533. The zero-order valence-electron chi connectivity index (χ0n) is 21.6. The van der Waals surface area contributed by atoms with Crippen LogP contribution >= 0.6 is 0 Å². The second-order valence-corrected chi connectivity index (χ2v) is 11.2. The van der Waals surface area contributed by atoms with Crippen molar-refractivity contribution in [2.45, 2.75) is 82.5 Å². The van der Waals surface area contributed by atoms with Gasteiger partial charge in [0.2, 0.25) is 0 Å². The molecule has 1 unspecified atom stereocenters. The van der Waals surface area contributed by atoms with E-state index in [9.17, 15) is 15.0 Å². The lowest BCUT2D eigenvalue weighted by atomic mass is 9.82. The minimum absolute atomic E-state index is 0.310. The van der Waals surface area contributed by atoms with Crippen molar-refractivity contribution in [3.63, 3.8) is 0 Å². The predicted octanol–water partition coefficient (Wildman–Crippen LogP) is 5.53. The molecule has 0 radical (unpaired) electrons. The highest BCUT2D eigenvalue weighted by molar-refractivity contribution is 5.98. The molecule has 198 valence electrons. The highest BCUT2D eigenvalue weighted by Crippen LogP contribution is 2.44. The molecule has 1 saturated carbocycles. The van der Waals surface area contributed by atoms with Gasteiger partial charge in [-0.1, -0.05) is 19.3 Å². The van der Waals surface area contributed by atoms with Crippen LogP contribution in [0.5, 0.6) is 0 Å². The first-order valence-corrected chi connectivity index (χ1v) is 14.2. The molecule has 2 aliphatic heterocycles. The molecule has 2 aromatic heterocycles. The van der Waals surface area contributed by atoms with E-state index < -0.39 is 12.2 Å². The molecular formula is C30H39N3O4. The molecule has 7 nitrogen and oxygen atoms in total. The minimum Gasteiger partial charge on any atom is -0.478 e. The summed E-state index contributed by atoms with van der Waals surface area (Å²) in [7, 11) is 0. The molecular weight excluding hydrogens is 466 g/mol. The van der Waals surface area contributed by atoms with E-state index in [4.69, 9.17) is 4.42 Å². The molecule has 0 amide bonds. The molecule has 6 rings (SSSR count). The Kier molecular flexibility index (Phi) is 7.10. The number of piperidine rings is 1. The number of carbonyl (C=O) groups is 1. The maximum Gasteiger partial charge on any atom is 0.335 e. The fourth-order valence-electron chi connectivity index (χ4n) is 7.15. The van der Waals surface area contributed by atoms with Gasteiger partial charge in [0.05, 0.1) is 30.3 Å². The first-order chi connectivity index (χ1) is 18.1. The van der Waals surface area contributed by atoms with Crippen LogP contribution in [-0.2, 0) is 6.54 Å². The van der Waals surface area contributed by atoms with E-state index in [1.165, 1.54) is 50.8 Å². The number of carboxylic acids is 1. The lowest BCUT2D eigenvalue weighted by Gasteiger charge is -2.39. The van der Waals surface area contributed by atoms with Gasteiger partial charge in [0, 0.05) is 35.6 Å². The fraction of sp³-hybridized carbons (Fsp3) is 0.567. The first-order valence-electron chi connectivity index (χ1n) is 14.2. The van der Waals surface area contributed by atoms with Gasteiger partial charge in [-0.05, 0) is 87.4 Å². The maximum absolute atomic E-state index is 11.9. The molecule has 2 N–H and O–H groups in total. The number of hydrogen-bond donors (Lipinski definition) is 2. The SMILES string of the molecule is O=C(O)c1ccc2c(c1)c(C1CCCCC1)c(-c1ccoc1)n2CC(O)N1CCC(N2CCCC2)CC1. The highest BCUT2D eigenvalue weighted by Gasteiger charge is 2.32. The monoisotopic (exact) mass is 505 g/mol. The van der Waals surface area contributed by atoms with Crippen molar-refractivity contribution in [3.05, 3.63) is 47.9 Å². The molecule has 2 saturated heterocycles. The highest BCUT2D eigenvalue weighted by atomic mass is 16.4. The molecule has 4 heterocycles. The zero-order chi connectivity index (χ0) is 25.4. The summed E-state index contributed by atoms with van der Waals surface area (Å²) >= 11 is 0. The lowest BCUT2D eigenvalue weighted by Crippen LogP contribution is -2.48. The third kappa shape index (κ3) is 4.85. The topological polar surface area (TPSA) is 82.1 Å². The average molecular weight is 506 g/mol. The van der Waals surface area contributed by atoms with Crippen molar-refractivity contribution >= 4 is 16.9 Å². The van der Waals surface area contributed by atoms with Crippen molar-refractivity contribution in [2.75, 3.05) is 26.2 Å². The fourth-order valence-corrected chi connectivity index (χ4v) is 7.15. The second kappa shape index (κ2) is 10.6. The van der Waals surface area contributed by atoms with E-state index in [0.29, 0.717) is 24.1 Å². The van der Waals surface area contributed by atoms with E-state index in [0.717, 1.165) is 60.9 Å². The van der Waals surface area contributed by atoms with Crippen molar-refractivity contribution in [1.82, 2.24) is 14.4 Å². The second-order valence-electron chi connectivity index (χ2n) is 11.2. The Morgan fingerprint density at radius 1 is 0.973 bits per heavy atom. The van der Waals surface area contributed by atoms with Gasteiger partial charge < -0.3 is 24.1 Å². The number of benzene rings is 1. The Labute approximate surface area is 218 Å². The molecule has 1 atom stereocenters. The number of fused-ring (bicyclic) bond motifs is 1. The summed E-state index contributed by atoms with van der Waals surface area (Å²) in [6.07, 6.45) is 13.6. The predicted molar refractivity (Wildman–Crippen MR) is 144 cm³/mol. The Bertz CT molecular complexity index is 1210. The molecule has 3 aromatic rings. The molecule has 0 bridgehead atoms. The van der Waals surface area contributed by atoms with Gasteiger partial charge in [-0.15, -0.1) is 0 Å². The van der Waals surface area contributed by atoms with Gasteiger partial charge in [-0.3, -0.25) is 4.90 Å². The van der Waals surface area contributed by atoms with Crippen molar-refractivity contribution in [3.8, 4) is 11.3 Å². The normalized spacial score (nSPS) is 21.6. The summed E-state index contributed by atoms with van der Waals surface area (Å²) in [5.41, 5.74) is 4.59.